The Bertz CT molecular complexity index is 942. The van der Waals surface area contributed by atoms with Gasteiger partial charge in [0.2, 0.25) is 0 Å². The number of nitrogens with zero attached hydrogens (tertiary/aromatic N) is 2. The van der Waals surface area contributed by atoms with Crippen molar-refractivity contribution in [3.8, 4) is 22.5 Å². The first kappa shape index (κ1) is 18.2. The van der Waals surface area contributed by atoms with Gasteiger partial charge in [-0.15, -0.1) is 0 Å². The van der Waals surface area contributed by atoms with Crippen LogP contribution in [0.1, 0.15) is 22.8 Å². The van der Waals surface area contributed by atoms with E-state index in [1.807, 2.05) is 12.4 Å². The summed E-state index contributed by atoms with van der Waals surface area (Å²) in [6.45, 7) is 0.844. The highest BCUT2D eigenvalue weighted by Crippen LogP contribution is 2.20. The second-order valence-corrected chi connectivity index (χ2v) is 6.79. The van der Waals surface area contributed by atoms with E-state index in [0.29, 0.717) is 13.1 Å². The molecular weight excluding hydrogens is 348 g/mol. The van der Waals surface area contributed by atoms with Gasteiger partial charge in [-0.1, -0.05) is 48.5 Å². The molecule has 0 aliphatic heterocycles. The summed E-state index contributed by atoms with van der Waals surface area (Å²) < 4.78 is 0. The summed E-state index contributed by atoms with van der Waals surface area (Å²) in [4.78, 5) is 15.0. The summed E-state index contributed by atoms with van der Waals surface area (Å²) in [7, 11) is 0. The fourth-order valence-electron chi connectivity index (χ4n) is 3.22. The second kappa shape index (κ2) is 8.21. The molecule has 2 heterocycles. The molecule has 0 aliphatic rings. The number of nitrogens with two attached hydrogens (primary N) is 2. The van der Waals surface area contributed by atoms with Gasteiger partial charge in [-0.3, -0.25) is 0 Å². The van der Waals surface area contributed by atoms with Crippen LogP contribution in [0.3, 0.4) is 0 Å². The smallest absolute Gasteiger partial charge is 0.120 e. The van der Waals surface area contributed by atoms with Crippen LogP contribution < -0.4 is 11.5 Å². The lowest BCUT2D eigenvalue weighted by Gasteiger charge is -2.05. The van der Waals surface area contributed by atoms with Crippen LogP contribution >= 0.6 is 0 Å². The Labute approximate surface area is 164 Å². The van der Waals surface area contributed by atoms with Crippen molar-refractivity contribution in [2.45, 2.75) is 25.9 Å². The molecule has 6 N–H and O–H groups in total. The van der Waals surface area contributed by atoms with E-state index < -0.39 is 0 Å². The summed E-state index contributed by atoms with van der Waals surface area (Å²) in [6.07, 6.45) is 5.65. The number of aromatic amines is 2. The molecular formula is C22H24N6. The van der Waals surface area contributed by atoms with Gasteiger partial charge in [0.1, 0.15) is 11.6 Å². The minimum atomic E-state index is 0.422. The third-order valence-corrected chi connectivity index (χ3v) is 4.88. The third kappa shape index (κ3) is 4.03. The maximum Gasteiger partial charge on any atom is 0.120 e. The Balaban J connectivity index is 1.37. The number of imidazole rings is 2. The Hall–Kier alpha value is -3.22. The number of hydrogen-bond acceptors (Lipinski definition) is 4. The summed E-state index contributed by atoms with van der Waals surface area (Å²) in [5, 5.41) is 0. The van der Waals surface area contributed by atoms with E-state index >= 15 is 0 Å². The molecule has 142 valence electrons. The molecule has 0 fully saturated rings. The van der Waals surface area contributed by atoms with Crippen LogP contribution in [0.4, 0.5) is 0 Å². The lowest BCUT2D eigenvalue weighted by atomic mass is 10.0. The minimum absolute atomic E-state index is 0.422. The average molecular weight is 372 g/mol. The molecule has 0 saturated heterocycles. The predicted molar refractivity (Wildman–Crippen MR) is 111 cm³/mol. The predicted octanol–water partition coefficient (Wildman–Crippen LogP) is 3.17. The van der Waals surface area contributed by atoms with Gasteiger partial charge in [-0.25, -0.2) is 9.97 Å². The van der Waals surface area contributed by atoms with Crippen LogP contribution in [0.2, 0.25) is 0 Å². The van der Waals surface area contributed by atoms with E-state index in [1.54, 1.807) is 0 Å². The van der Waals surface area contributed by atoms with Crippen LogP contribution in [0.5, 0.6) is 0 Å². The van der Waals surface area contributed by atoms with Crippen molar-refractivity contribution in [2.75, 3.05) is 0 Å². The van der Waals surface area contributed by atoms with Crippen molar-refractivity contribution in [1.82, 2.24) is 19.9 Å². The standard InChI is InChI=1S/C22H24N6/c23-11-21-25-13-19(27-21)17-7-3-15(4-8-17)1-2-16-5-9-18(10-6-16)20-14-26-22(12-24)28-20/h3-10,13-14H,1-2,11-12,23-24H2,(H,25,27)(H,26,28). The molecule has 0 amide bonds. The molecule has 6 heteroatoms. The molecule has 0 spiro atoms. The van der Waals surface area contributed by atoms with Crippen molar-refractivity contribution in [1.29, 1.82) is 0 Å². The number of aromatic nitrogens is 4. The molecule has 2 aromatic carbocycles. The fraction of sp³-hybridized carbons (Fsp3) is 0.182. The van der Waals surface area contributed by atoms with E-state index in [-0.39, 0.29) is 0 Å². The Kier molecular flexibility index (Phi) is 5.32. The topological polar surface area (TPSA) is 109 Å². The number of aryl methyl sites for hydroxylation is 2. The summed E-state index contributed by atoms with van der Waals surface area (Å²) >= 11 is 0. The number of hydrogen-bond donors (Lipinski definition) is 4. The average Bonchev–Trinajstić information content (AvgIpc) is 3.42. The fourth-order valence-corrected chi connectivity index (χ4v) is 3.22. The zero-order valence-corrected chi connectivity index (χ0v) is 15.7. The van der Waals surface area contributed by atoms with Gasteiger partial charge in [-0.05, 0) is 35.1 Å². The minimum Gasteiger partial charge on any atom is -0.341 e. The molecule has 0 unspecified atom stereocenters. The van der Waals surface area contributed by atoms with Gasteiger partial charge in [0, 0.05) is 0 Å². The molecule has 0 saturated carbocycles. The van der Waals surface area contributed by atoms with Gasteiger partial charge < -0.3 is 21.4 Å². The summed E-state index contributed by atoms with van der Waals surface area (Å²) in [6, 6.07) is 17.2. The van der Waals surface area contributed by atoms with Gasteiger partial charge in [0.05, 0.1) is 36.9 Å². The van der Waals surface area contributed by atoms with E-state index in [0.717, 1.165) is 47.0 Å². The van der Waals surface area contributed by atoms with E-state index in [1.165, 1.54) is 11.1 Å². The van der Waals surface area contributed by atoms with Gasteiger partial charge in [0.15, 0.2) is 0 Å². The Morgan fingerprint density at radius 3 is 1.32 bits per heavy atom. The summed E-state index contributed by atoms with van der Waals surface area (Å²) in [5.74, 6) is 1.61. The molecule has 0 atom stereocenters. The highest BCUT2D eigenvalue weighted by molar-refractivity contribution is 5.59. The van der Waals surface area contributed by atoms with Gasteiger partial charge in [-0.2, -0.15) is 0 Å². The molecule has 4 rings (SSSR count). The van der Waals surface area contributed by atoms with Crippen LogP contribution in [-0.2, 0) is 25.9 Å². The van der Waals surface area contributed by atoms with Crippen LogP contribution in [-0.4, -0.2) is 19.9 Å². The first-order chi connectivity index (χ1) is 13.7. The largest absolute Gasteiger partial charge is 0.341 e. The van der Waals surface area contributed by atoms with E-state index in [4.69, 9.17) is 11.5 Å². The van der Waals surface area contributed by atoms with Crippen LogP contribution in [0.15, 0.2) is 60.9 Å². The number of nitrogens with one attached hydrogen (secondary N) is 2. The van der Waals surface area contributed by atoms with Crippen molar-refractivity contribution in [2.24, 2.45) is 11.5 Å². The lowest BCUT2D eigenvalue weighted by molar-refractivity contribution is 0.949. The first-order valence-electron chi connectivity index (χ1n) is 9.41. The van der Waals surface area contributed by atoms with Crippen molar-refractivity contribution in [3.63, 3.8) is 0 Å². The monoisotopic (exact) mass is 372 g/mol. The lowest BCUT2D eigenvalue weighted by Crippen LogP contribution is -1.97. The summed E-state index contributed by atoms with van der Waals surface area (Å²) in [5.41, 5.74) is 18.1. The first-order valence-corrected chi connectivity index (χ1v) is 9.41. The van der Waals surface area contributed by atoms with Gasteiger partial charge in [0.25, 0.3) is 0 Å². The number of H-pyrrole nitrogens is 2. The van der Waals surface area contributed by atoms with Gasteiger partial charge >= 0.3 is 0 Å². The normalized spacial score (nSPS) is 11.1. The maximum absolute atomic E-state index is 5.61. The second-order valence-electron chi connectivity index (χ2n) is 6.79. The molecule has 0 bridgehead atoms. The quantitative estimate of drug-likeness (QED) is 0.399. The number of rotatable bonds is 7. The Morgan fingerprint density at radius 1 is 0.607 bits per heavy atom. The molecule has 28 heavy (non-hydrogen) atoms. The molecule has 0 aliphatic carbocycles. The zero-order chi connectivity index (χ0) is 19.3. The SMILES string of the molecule is NCc1ncc(-c2ccc(CCc3ccc(-c4cnc(CN)[nH]4)cc3)cc2)[nH]1. The number of benzene rings is 2. The van der Waals surface area contributed by atoms with E-state index in [2.05, 4.69) is 68.5 Å². The highest BCUT2D eigenvalue weighted by Gasteiger charge is 2.04. The Morgan fingerprint density at radius 2 is 1.00 bits per heavy atom. The maximum atomic E-state index is 5.61. The van der Waals surface area contributed by atoms with Crippen LogP contribution in [0, 0.1) is 0 Å². The third-order valence-electron chi connectivity index (χ3n) is 4.88. The van der Waals surface area contributed by atoms with Crippen molar-refractivity contribution in [3.05, 3.63) is 83.7 Å². The molecule has 2 aromatic heterocycles. The molecule has 0 radical (unpaired) electrons. The van der Waals surface area contributed by atoms with Crippen LogP contribution in [0.25, 0.3) is 22.5 Å². The zero-order valence-electron chi connectivity index (χ0n) is 15.7. The van der Waals surface area contributed by atoms with E-state index in [9.17, 15) is 0 Å². The molecule has 6 nitrogen and oxygen atoms in total. The molecule has 4 aromatic rings. The highest BCUT2D eigenvalue weighted by atomic mass is 14.9. The van der Waals surface area contributed by atoms with Crippen molar-refractivity contribution >= 4 is 0 Å². The van der Waals surface area contributed by atoms with Crippen molar-refractivity contribution < 1.29 is 0 Å².